The van der Waals surface area contributed by atoms with Gasteiger partial charge in [-0.15, -0.1) is 0 Å². The van der Waals surface area contributed by atoms with Gasteiger partial charge >= 0.3 is 5.97 Å². The number of benzene rings is 3. The fraction of sp³-hybridized carbons (Fsp3) is 0.0952. The average Bonchev–Trinajstić information content (AvgIpc) is 2.68. The molecular weight excluding hydrogens is 570 g/mol. The van der Waals surface area contributed by atoms with Crippen molar-refractivity contribution >= 4 is 61.5 Å². The third-order valence-corrected chi connectivity index (χ3v) is 8.56. The molecule has 3 aromatic rings. The summed E-state index contributed by atoms with van der Waals surface area (Å²) in [5.74, 6) is -0.194. The van der Waals surface area contributed by atoms with Crippen molar-refractivity contribution < 1.29 is 8.98 Å². The first kappa shape index (κ1) is 19.7. The second-order valence-corrected chi connectivity index (χ2v) is 10.8. The number of rotatable bonds is 5. The summed E-state index contributed by atoms with van der Waals surface area (Å²) >= 11 is 4.58. The van der Waals surface area contributed by atoms with E-state index in [1.54, 1.807) is 0 Å². The Hall–Kier alpha value is -1.06. The molecule has 3 rings (SSSR count). The highest BCUT2D eigenvalue weighted by Crippen LogP contribution is 2.69. The van der Waals surface area contributed by atoms with Gasteiger partial charge in [-0.25, -0.2) is 0 Å². The van der Waals surface area contributed by atoms with Gasteiger partial charge in [-0.1, -0.05) is 25.1 Å². The van der Waals surface area contributed by atoms with E-state index < -0.39 is 10.3 Å². The van der Waals surface area contributed by atoms with Crippen LogP contribution in [0.4, 0.5) is 0 Å². The van der Waals surface area contributed by atoms with Gasteiger partial charge in [0.1, 0.15) is 0 Å². The lowest BCUT2D eigenvalue weighted by Crippen LogP contribution is -2.13. The molecule has 0 aliphatic heterocycles. The Balaban J connectivity index is 2.31. The second kappa shape index (κ2) is 8.75. The Bertz CT molecular complexity index is 833. The van der Waals surface area contributed by atoms with Crippen molar-refractivity contribution in [2.45, 2.75) is 28.0 Å². The molecule has 0 aromatic heterocycles. The minimum Gasteiger partial charge on any atom is -0.402 e. The Morgan fingerprint density at radius 1 is 0.769 bits per heavy atom. The maximum Gasteiger partial charge on any atom is 0.316 e. The molecule has 0 saturated heterocycles. The maximum atomic E-state index is 12.5. The lowest BCUT2D eigenvalue weighted by Gasteiger charge is -2.39. The Morgan fingerprint density at radius 2 is 1.19 bits per heavy atom. The quantitative estimate of drug-likeness (QED) is 0.299. The lowest BCUT2D eigenvalue weighted by atomic mass is 10.4. The zero-order chi connectivity index (χ0) is 18.6. The predicted molar refractivity (Wildman–Crippen MR) is 124 cm³/mol. The highest BCUT2D eigenvalue weighted by Gasteiger charge is 2.35. The molecule has 134 valence electrons. The van der Waals surface area contributed by atoms with Gasteiger partial charge in [-0.3, -0.25) is 4.79 Å². The minimum atomic E-state index is -2.13. The van der Waals surface area contributed by atoms with Gasteiger partial charge in [0.25, 0.3) is 0 Å². The SMILES string of the molecule is CCC(=O)OS(c1ccccc1)(c1ccc(I)cc1)c1ccc(I)cc1. The van der Waals surface area contributed by atoms with Gasteiger partial charge in [0.2, 0.25) is 0 Å². The first-order valence-corrected chi connectivity index (χ1v) is 11.9. The number of hydrogen-bond donors (Lipinski definition) is 0. The molecule has 0 unspecified atom stereocenters. The van der Waals surface area contributed by atoms with Crippen LogP contribution in [-0.4, -0.2) is 5.97 Å². The van der Waals surface area contributed by atoms with Crippen LogP contribution >= 0.6 is 55.5 Å². The maximum absolute atomic E-state index is 12.5. The highest BCUT2D eigenvalue weighted by molar-refractivity contribution is 14.1. The van der Waals surface area contributed by atoms with Crippen molar-refractivity contribution in [1.29, 1.82) is 0 Å². The molecule has 0 fully saturated rings. The molecule has 0 atom stereocenters. The van der Waals surface area contributed by atoms with E-state index in [1.807, 2.05) is 37.3 Å². The van der Waals surface area contributed by atoms with Crippen LogP contribution in [0, 0.1) is 7.14 Å². The van der Waals surface area contributed by atoms with Gasteiger partial charge in [0, 0.05) is 28.2 Å². The fourth-order valence-corrected chi connectivity index (χ4v) is 6.42. The monoisotopic (exact) mass is 588 g/mol. The van der Waals surface area contributed by atoms with E-state index in [2.05, 4.69) is 93.7 Å². The third kappa shape index (κ3) is 4.09. The zero-order valence-electron chi connectivity index (χ0n) is 14.2. The van der Waals surface area contributed by atoms with Crippen molar-refractivity contribution in [3.8, 4) is 0 Å². The smallest absolute Gasteiger partial charge is 0.316 e. The number of carbonyl (C=O) groups is 1. The summed E-state index contributed by atoms with van der Waals surface area (Å²) in [6.07, 6.45) is 0.344. The molecule has 0 radical (unpaired) electrons. The molecular formula is C21H18I2O2S. The normalized spacial score (nSPS) is 11.8. The van der Waals surface area contributed by atoms with Crippen molar-refractivity contribution in [1.82, 2.24) is 0 Å². The molecule has 0 aliphatic rings. The molecule has 0 spiro atoms. The molecule has 0 saturated carbocycles. The third-order valence-electron chi connectivity index (χ3n) is 3.87. The van der Waals surface area contributed by atoms with Crippen LogP contribution in [0.5, 0.6) is 0 Å². The van der Waals surface area contributed by atoms with Crippen LogP contribution in [0.2, 0.25) is 0 Å². The van der Waals surface area contributed by atoms with E-state index in [1.165, 1.54) is 0 Å². The van der Waals surface area contributed by atoms with Gasteiger partial charge in [0.05, 0.1) is 0 Å². The molecule has 0 bridgehead atoms. The lowest BCUT2D eigenvalue weighted by molar-refractivity contribution is -0.133. The van der Waals surface area contributed by atoms with Crippen LogP contribution in [0.25, 0.3) is 0 Å². The second-order valence-electron chi connectivity index (χ2n) is 5.59. The number of hydrogen-bond acceptors (Lipinski definition) is 2. The summed E-state index contributed by atoms with van der Waals surface area (Å²) in [6.45, 7) is 1.83. The van der Waals surface area contributed by atoms with Crippen molar-refractivity contribution in [2.75, 3.05) is 0 Å². The van der Waals surface area contributed by atoms with Crippen LogP contribution in [-0.2, 0) is 8.98 Å². The van der Waals surface area contributed by atoms with Gasteiger partial charge in [-0.05, 0) is 116 Å². The van der Waals surface area contributed by atoms with E-state index in [-0.39, 0.29) is 5.97 Å². The van der Waals surface area contributed by atoms with Gasteiger partial charge in [-0.2, -0.15) is 0 Å². The summed E-state index contributed by atoms with van der Waals surface area (Å²) in [4.78, 5) is 15.5. The largest absolute Gasteiger partial charge is 0.402 e. The zero-order valence-corrected chi connectivity index (χ0v) is 19.3. The van der Waals surface area contributed by atoms with Gasteiger partial charge in [0.15, 0.2) is 0 Å². The first-order chi connectivity index (χ1) is 12.6. The summed E-state index contributed by atoms with van der Waals surface area (Å²) in [5.41, 5.74) is 0. The molecule has 0 N–H and O–H groups in total. The van der Waals surface area contributed by atoms with E-state index in [9.17, 15) is 4.79 Å². The molecule has 0 heterocycles. The topological polar surface area (TPSA) is 26.3 Å². The first-order valence-electron chi connectivity index (χ1n) is 8.18. The standard InChI is InChI=1S/C21H18I2O2S/c1-2-21(24)25-26(18-6-4-3-5-7-18,19-12-8-16(22)9-13-19)20-14-10-17(23)11-15-20/h3-15H,2H2,1H3. The summed E-state index contributed by atoms with van der Waals surface area (Å²) in [6, 6.07) is 26.6. The van der Waals surface area contributed by atoms with E-state index in [0.717, 1.165) is 21.8 Å². The van der Waals surface area contributed by atoms with Crippen LogP contribution in [0.3, 0.4) is 0 Å². The number of carbonyl (C=O) groups excluding carboxylic acids is 1. The van der Waals surface area contributed by atoms with E-state index in [4.69, 9.17) is 4.18 Å². The number of halogens is 2. The minimum absolute atomic E-state index is 0.194. The Kier molecular flexibility index (Phi) is 6.63. The summed E-state index contributed by atoms with van der Waals surface area (Å²) in [7, 11) is -2.13. The van der Waals surface area contributed by atoms with Crippen LogP contribution < -0.4 is 0 Å². The molecule has 2 nitrogen and oxygen atoms in total. The van der Waals surface area contributed by atoms with E-state index in [0.29, 0.717) is 6.42 Å². The Labute approximate surface area is 183 Å². The fourth-order valence-electron chi connectivity index (χ4n) is 2.62. The predicted octanol–water partition coefficient (Wildman–Crippen LogP) is 7.05. The van der Waals surface area contributed by atoms with Crippen molar-refractivity contribution in [3.63, 3.8) is 0 Å². The van der Waals surface area contributed by atoms with Crippen molar-refractivity contribution in [2.24, 2.45) is 0 Å². The molecule has 3 aromatic carbocycles. The van der Waals surface area contributed by atoms with Crippen LogP contribution in [0.1, 0.15) is 13.3 Å². The summed E-state index contributed by atoms with van der Waals surface area (Å²) < 4.78 is 8.56. The average molecular weight is 588 g/mol. The molecule has 0 amide bonds. The molecule has 0 aliphatic carbocycles. The van der Waals surface area contributed by atoms with Crippen LogP contribution in [0.15, 0.2) is 93.5 Å². The van der Waals surface area contributed by atoms with Gasteiger partial charge < -0.3 is 4.18 Å². The molecule has 26 heavy (non-hydrogen) atoms. The van der Waals surface area contributed by atoms with Crippen molar-refractivity contribution in [3.05, 3.63) is 86.0 Å². The summed E-state index contributed by atoms with van der Waals surface area (Å²) in [5, 5.41) is 0. The van der Waals surface area contributed by atoms with E-state index >= 15 is 0 Å². The molecule has 5 heteroatoms. The Morgan fingerprint density at radius 3 is 1.62 bits per heavy atom. The highest BCUT2D eigenvalue weighted by atomic mass is 127.